The Labute approximate surface area is 106 Å². The van der Waals surface area contributed by atoms with E-state index in [1.807, 2.05) is 0 Å². The molecule has 1 aliphatic heterocycles. The number of aliphatic hydroxyl groups excluding tert-OH is 1. The van der Waals surface area contributed by atoms with E-state index in [9.17, 15) is 14.7 Å². The van der Waals surface area contributed by atoms with Crippen LogP contribution in [0.1, 0.15) is 13.3 Å². The van der Waals surface area contributed by atoms with Crippen molar-refractivity contribution in [2.24, 2.45) is 5.92 Å². The predicted octanol–water partition coefficient (Wildman–Crippen LogP) is 0.555. The molecule has 6 heteroatoms. The van der Waals surface area contributed by atoms with Crippen molar-refractivity contribution in [3.8, 4) is 0 Å². The number of hydrogen-bond donors (Lipinski definition) is 1. The van der Waals surface area contributed by atoms with Gasteiger partial charge in [0.15, 0.2) is 0 Å². The molecule has 1 rings (SSSR count). The van der Waals surface area contributed by atoms with Crippen LogP contribution in [0, 0.1) is 5.92 Å². The molecule has 0 aromatic carbocycles. The fourth-order valence-electron chi connectivity index (χ4n) is 1.96. The van der Waals surface area contributed by atoms with Crippen LogP contribution < -0.4 is 0 Å². The molecule has 1 aliphatic rings. The molecule has 1 heterocycles. The molecule has 0 aromatic rings. The average Bonchev–Trinajstić information content (AvgIpc) is 2.80. The van der Waals surface area contributed by atoms with Gasteiger partial charge in [-0.25, -0.2) is 4.79 Å². The second-order valence-corrected chi connectivity index (χ2v) is 4.04. The van der Waals surface area contributed by atoms with E-state index in [0.29, 0.717) is 13.0 Å². The highest BCUT2D eigenvalue weighted by atomic mass is 16.6. The molecule has 1 saturated heterocycles. The van der Waals surface area contributed by atoms with Crippen LogP contribution in [0.3, 0.4) is 0 Å². The second-order valence-electron chi connectivity index (χ2n) is 4.04. The van der Waals surface area contributed by atoms with Crippen molar-refractivity contribution in [1.82, 2.24) is 4.90 Å². The molecule has 0 radical (unpaired) electrons. The minimum Gasteiger partial charge on any atom is -0.466 e. The van der Waals surface area contributed by atoms with Gasteiger partial charge in [0.1, 0.15) is 6.61 Å². The topological polar surface area (TPSA) is 76.1 Å². The molecule has 0 unspecified atom stereocenters. The Morgan fingerprint density at radius 2 is 2.22 bits per heavy atom. The van der Waals surface area contributed by atoms with Gasteiger partial charge in [0, 0.05) is 6.54 Å². The van der Waals surface area contributed by atoms with Crippen molar-refractivity contribution in [2.75, 3.05) is 26.4 Å². The van der Waals surface area contributed by atoms with Crippen LogP contribution in [0.4, 0.5) is 4.79 Å². The summed E-state index contributed by atoms with van der Waals surface area (Å²) >= 11 is 0. The molecule has 0 spiro atoms. The molecule has 102 valence electrons. The summed E-state index contributed by atoms with van der Waals surface area (Å²) in [5, 5.41) is 9.22. The molecule has 0 bridgehead atoms. The average molecular weight is 257 g/mol. The van der Waals surface area contributed by atoms with E-state index in [2.05, 4.69) is 6.58 Å². The lowest BCUT2D eigenvalue weighted by atomic mass is 10.1. The van der Waals surface area contributed by atoms with E-state index in [4.69, 9.17) is 9.47 Å². The summed E-state index contributed by atoms with van der Waals surface area (Å²) in [5.74, 6) is -0.728. The van der Waals surface area contributed by atoms with Gasteiger partial charge in [-0.2, -0.15) is 0 Å². The number of rotatable bonds is 5. The monoisotopic (exact) mass is 257 g/mol. The maximum absolute atomic E-state index is 11.7. The summed E-state index contributed by atoms with van der Waals surface area (Å²) in [6.07, 6.45) is 1.32. The molecule has 0 saturated carbocycles. The summed E-state index contributed by atoms with van der Waals surface area (Å²) in [6.45, 7) is 5.62. The Hall–Kier alpha value is -1.56. The smallest absolute Gasteiger partial charge is 0.410 e. The van der Waals surface area contributed by atoms with Gasteiger partial charge in [0.25, 0.3) is 0 Å². The summed E-state index contributed by atoms with van der Waals surface area (Å²) in [5.41, 5.74) is 0. The van der Waals surface area contributed by atoms with Gasteiger partial charge in [-0.1, -0.05) is 12.7 Å². The van der Waals surface area contributed by atoms with Crippen LogP contribution in [0.5, 0.6) is 0 Å². The lowest BCUT2D eigenvalue weighted by molar-refractivity contribution is -0.147. The van der Waals surface area contributed by atoms with Crippen molar-refractivity contribution < 1.29 is 24.2 Å². The fourth-order valence-corrected chi connectivity index (χ4v) is 1.96. The normalized spacial score (nSPS) is 22.7. The Bertz CT molecular complexity index is 318. The highest BCUT2D eigenvalue weighted by Gasteiger charge is 2.39. The summed E-state index contributed by atoms with van der Waals surface area (Å²) < 4.78 is 9.81. The van der Waals surface area contributed by atoms with Crippen molar-refractivity contribution in [2.45, 2.75) is 19.4 Å². The zero-order chi connectivity index (χ0) is 13.5. The molecule has 1 fully saturated rings. The third kappa shape index (κ3) is 3.46. The van der Waals surface area contributed by atoms with Crippen LogP contribution in [0.25, 0.3) is 0 Å². The van der Waals surface area contributed by atoms with Crippen LogP contribution in [-0.2, 0) is 14.3 Å². The summed E-state index contributed by atoms with van der Waals surface area (Å²) in [7, 11) is 0. The molecule has 18 heavy (non-hydrogen) atoms. The Kier molecular flexibility index (Phi) is 5.64. The third-order valence-corrected chi connectivity index (χ3v) is 2.80. The van der Waals surface area contributed by atoms with E-state index in [1.54, 1.807) is 6.92 Å². The molecule has 6 nitrogen and oxygen atoms in total. The number of carbonyl (C=O) groups is 2. The quantitative estimate of drug-likeness (QED) is 0.575. The Morgan fingerprint density at radius 1 is 1.50 bits per heavy atom. The van der Waals surface area contributed by atoms with Crippen LogP contribution in [0.15, 0.2) is 12.7 Å². The van der Waals surface area contributed by atoms with Gasteiger partial charge in [0.05, 0.1) is 25.2 Å². The molecule has 1 amide bonds. The van der Waals surface area contributed by atoms with Crippen LogP contribution >= 0.6 is 0 Å². The first-order chi connectivity index (χ1) is 8.63. The van der Waals surface area contributed by atoms with E-state index in [0.717, 1.165) is 0 Å². The molecule has 2 atom stereocenters. The zero-order valence-corrected chi connectivity index (χ0v) is 10.5. The first-order valence-electron chi connectivity index (χ1n) is 5.95. The first-order valence-corrected chi connectivity index (χ1v) is 5.95. The van der Waals surface area contributed by atoms with Gasteiger partial charge >= 0.3 is 12.1 Å². The number of ether oxygens (including phenoxy) is 2. The molecular formula is C12H19NO5. The number of amides is 1. The van der Waals surface area contributed by atoms with E-state index in [-0.39, 0.29) is 25.7 Å². The highest BCUT2D eigenvalue weighted by molar-refractivity contribution is 5.76. The van der Waals surface area contributed by atoms with E-state index in [1.165, 1.54) is 11.0 Å². The number of nitrogens with zero attached hydrogens (tertiary/aromatic N) is 1. The highest BCUT2D eigenvalue weighted by Crippen LogP contribution is 2.24. The minimum absolute atomic E-state index is 0.109. The number of esters is 1. The number of carbonyl (C=O) groups excluding carboxylic acids is 2. The number of hydrogen-bond acceptors (Lipinski definition) is 5. The van der Waals surface area contributed by atoms with Crippen LogP contribution in [-0.4, -0.2) is 54.5 Å². The SMILES string of the molecule is C=CCOC(=O)N1C[C@H](C(=O)OCC)C[C@H]1CO. The molecule has 0 aliphatic carbocycles. The second kappa shape index (κ2) is 7.00. The van der Waals surface area contributed by atoms with Gasteiger partial charge < -0.3 is 19.5 Å². The standard InChI is InChI=1S/C12H19NO5/c1-3-5-18-12(16)13-7-9(6-10(13)8-14)11(15)17-4-2/h3,9-10,14H,1,4-8H2,2H3/t9-,10+/m1/s1. The third-order valence-electron chi connectivity index (χ3n) is 2.80. The number of aliphatic hydroxyl groups is 1. The lowest BCUT2D eigenvalue weighted by Crippen LogP contribution is -2.38. The van der Waals surface area contributed by atoms with Crippen molar-refractivity contribution in [3.05, 3.63) is 12.7 Å². The maximum Gasteiger partial charge on any atom is 0.410 e. The Balaban J connectivity index is 2.60. The Morgan fingerprint density at radius 3 is 2.78 bits per heavy atom. The van der Waals surface area contributed by atoms with E-state index < -0.39 is 18.1 Å². The maximum atomic E-state index is 11.7. The lowest BCUT2D eigenvalue weighted by Gasteiger charge is -2.21. The summed E-state index contributed by atoms with van der Waals surface area (Å²) in [6, 6.07) is -0.392. The largest absolute Gasteiger partial charge is 0.466 e. The molecule has 0 aromatic heterocycles. The minimum atomic E-state index is -0.541. The van der Waals surface area contributed by atoms with Gasteiger partial charge in [-0.3, -0.25) is 4.79 Å². The van der Waals surface area contributed by atoms with Crippen LogP contribution in [0.2, 0.25) is 0 Å². The van der Waals surface area contributed by atoms with Crippen molar-refractivity contribution in [3.63, 3.8) is 0 Å². The number of likely N-dealkylation sites (tertiary alicyclic amines) is 1. The fraction of sp³-hybridized carbons (Fsp3) is 0.667. The van der Waals surface area contributed by atoms with E-state index >= 15 is 0 Å². The van der Waals surface area contributed by atoms with Gasteiger partial charge in [-0.05, 0) is 13.3 Å². The summed E-state index contributed by atoms with van der Waals surface area (Å²) in [4.78, 5) is 24.6. The predicted molar refractivity (Wildman–Crippen MR) is 63.9 cm³/mol. The molecule has 1 N–H and O–H groups in total. The first kappa shape index (κ1) is 14.5. The van der Waals surface area contributed by atoms with Gasteiger partial charge in [-0.15, -0.1) is 0 Å². The zero-order valence-electron chi connectivity index (χ0n) is 10.5. The van der Waals surface area contributed by atoms with Gasteiger partial charge in [0.2, 0.25) is 0 Å². The van der Waals surface area contributed by atoms with Crippen molar-refractivity contribution in [1.29, 1.82) is 0 Å². The molecular weight excluding hydrogens is 238 g/mol. The van der Waals surface area contributed by atoms with Crippen molar-refractivity contribution >= 4 is 12.1 Å².